The lowest BCUT2D eigenvalue weighted by atomic mass is 9.96. The topological polar surface area (TPSA) is 63.1 Å². The highest BCUT2D eigenvalue weighted by molar-refractivity contribution is 7.97. The first-order valence-corrected chi connectivity index (χ1v) is 11.0. The van der Waals surface area contributed by atoms with Gasteiger partial charge in [0.2, 0.25) is 5.91 Å². The van der Waals surface area contributed by atoms with Crippen LogP contribution in [0.25, 0.3) is 22.5 Å². The fourth-order valence-electron chi connectivity index (χ4n) is 3.69. The van der Waals surface area contributed by atoms with Crippen molar-refractivity contribution in [2.24, 2.45) is 0 Å². The molecule has 6 nitrogen and oxygen atoms in total. The number of aromatic nitrogens is 3. The Morgan fingerprint density at radius 1 is 1.14 bits per heavy atom. The normalized spacial score (nSPS) is 12.8. The molecule has 2 aromatic carbocycles. The highest BCUT2D eigenvalue weighted by Crippen LogP contribution is 2.41. The van der Waals surface area contributed by atoms with Gasteiger partial charge in [0.15, 0.2) is 0 Å². The number of para-hydroxylation sites is 1. The van der Waals surface area contributed by atoms with Crippen molar-refractivity contribution in [3.8, 4) is 22.5 Å². The van der Waals surface area contributed by atoms with Gasteiger partial charge in [-0.15, -0.1) is 5.10 Å². The molecule has 0 radical (unpaired) electrons. The molecule has 0 saturated heterocycles. The van der Waals surface area contributed by atoms with Gasteiger partial charge in [0.1, 0.15) is 11.4 Å². The lowest BCUT2D eigenvalue weighted by Crippen LogP contribution is -2.35. The van der Waals surface area contributed by atoms with E-state index in [-0.39, 0.29) is 5.91 Å². The first-order valence-electron chi connectivity index (χ1n) is 9.81. The highest BCUT2D eigenvalue weighted by atomic mass is 32.2. The fraction of sp³-hybridized carbons (Fsp3) is 0.318. The molecule has 3 aromatic rings. The van der Waals surface area contributed by atoms with Crippen molar-refractivity contribution < 1.29 is 4.79 Å². The molecule has 1 aromatic heterocycles. The Balaban J connectivity index is 1.85. The number of carbonyl (C=O) groups is 1. The van der Waals surface area contributed by atoms with Crippen LogP contribution in [0.5, 0.6) is 0 Å². The molecule has 0 unspecified atom stereocenters. The SMILES string of the molecule is CSn1nnc2c1-c1ccccc1N(C(=O)CCNC(C)C)Cc1ccccc1-2. The van der Waals surface area contributed by atoms with E-state index in [1.165, 1.54) is 11.9 Å². The Labute approximate surface area is 175 Å². The molecule has 0 bridgehead atoms. The Hall–Kier alpha value is -2.64. The second-order valence-electron chi connectivity index (χ2n) is 7.36. The minimum atomic E-state index is 0.104. The monoisotopic (exact) mass is 407 g/mol. The number of benzene rings is 2. The number of carbonyl (C=O) groups excluding carboxylic acids is 1. The van der Waals surface area contributed by atoms with E-state index in [9.17, 15) is 4.79 Å². The van der Waals surface area contributed by atoms with Crippen LogP contribution in [0.2, 0.25) is 0 Å². The summed E-state index contributed by atoms with van der Waals surface area (Å²) < 4.78 is 1.83. The second-order valence-corrected chi connectivity index (χ2v) is 8.07. The fourth-order valence-corrected chi connectivity index (χ4v) is 4.16. The third kappa shape index (κ3) is 3.80. The number of nitrogens with zero attached hydrogens (tertiary/aromatic N) is 4. The molecule has 1 N–H and O–H groups in total. The van der Waals surface area contributed by atoms with Crippen LogP contribution in [0.15, 0.2) is 48.5 Å². The molecule has 1 aliphatic rings. The van der Waals surface area contributed by atoms with Crippen molar-refractivity contribution in [3.63, 3.8) is 0 Å². The van der Waals surface area contributed by atoms with E-state index < -0.39 is 0 Å². The van der Waals surface area contributed by atoms with Gasteiger partial charge in [-0.25, -0.2) is 0 Å². The predicted octanol–water partition coefficient (Wildman–Crippen LogP) is 3.97. The molecule has 0 saturated carbocycles. The van der Waals surface area contributed by atoms with Gasteiger partial charge in [0, 0.05) is 36.4 Å². The minimum Gasteiger partial charge on any atom is -0.314 e. The quantitative estimate of drug-likeness (QED) is 0.693. The Bertz CT molecular complexity index is 1030. The molecule has 150 valence electrons. The Kier molecular flexibility index (Phi) is 5.69. The van der Waals surface area contributed by atoms with Gasteiger partial charge >= 0.3 is 0 Å². The van der Waals surface area contributed by atoms with Crippen LogP contribution < -0.4 is 10.2 Å². The number of hydrogen-bond acceptors (Lipinski definition) is 5. The van der Waals surface area contributed by atoms with E-state index in [4.69, 9.17) is 0 Å². The van der Waals surface area contributed by atoms with Gasteiger partial charge in [0.25, 0.3) is 0 Å². The summed E-state index contributed by atoms with van der Waals surface area (Å²) >= 11 is 1.50. The average molecular weight is 408 g/mol. The van der Waals surface area contributed by atoms with E-state index >= 15 is 0 Å². The summed E-state index contributed by atoms with van der Waals surface area (Å²) in [6, 6.07) is 16.5. The third-order valence-electron chi connectivity index (χ3n) is 5.06. The first kappa shape index (κ1) is 19.7. The van der Waals surface area contributed by atoms with Gasteiger partial charge < -0.3 is 10.2 Å². The molecule has 1 amide bonds. The Morgan fingerprint density at radius 3 is 2.62 bits per heavy atom. The van der Waals surface area contributed by atoms with Crippen LogP contribution in [0.3, 0.4) is 0 Å². The summed E-state index contributed by atoms with van der Waals surface area (Å²) in [6.45, 7) is 5.35. The smallest absolute Gasteiger partial charge is 0.228 e. The number of nitrogens with one attached hydrogen (secondary N) is 1. The summed E-state index contributed by atoms with van der Waals surface area (Å²) in [4.78, 5) is 15.2. The first-order chi connectivity index (χ1) is 14.1. The van der Waals surface area contributed by atoms with Crippen molar-refractivity contribution in [3.05, 3.63) is 54.1 Å². The predicted molar refractivity (Wildman–Crippen MR) is 119 cm³/mol. The maximum atomic E-state index is 13.3. The van der Waals surface area contributed by atoms with Crippen molar-refractivity contribution in [2.45, 2.75) is 32.9 Å². The standard InChI is InChI=1S/C22H25N5OS/c1-15(2)23-13-12-20(28)26-14-16-8-4-5-9-17(16)21-22(27(29-3)25-24-21)18-10-6-7-11-19(18)26/h4-11,15,23H,12-14H2,1-3H3. The lowest BCUT2D eigenvalue weighted by Gasteiger charge is -2.28. The van der Waals surface area contributed by atoms with Gasteiger partial charge in [-0.2, -0.15) is 4.09 Å². The number of amides is 1. The summed E-state index contributed by atoms with van der Waals surface area (Å²) in [5, 5.41) is 12.2. The van der Waals surface area contributed by atoms with Crippen molar-refractivity contribution in [1.29, 1.82) is 0 Å². The van der Waals surface area contributed by atoms with Crippen LogP contribution >= 0.6 is 11.9 Å². The number of fused-ring (bicyclic) bond motifs is 5. The maximum Gasteiger partial charge on any atom is 0.228 e. The molecular formula is C22H25N5OS. The van der Waals surface area contributed by atoms with E-state index in [1.807, 2.05) is 51.6 Å². The summed E-state index contributed by atoms with van der Waals surface area (Å²) in [7, 11) is 0. The van der Waals surface area contributed by atoms with Gasteiger partial charge in [-0.1, -0.05) is 61.5 Å². The molecule has 2 heterocycles. The zero-order chi connectivity index (χ0) is 20.4. The molecule has 7 heteroatoms. The number of hydrogen-bond donors (Lipinski definition) is 1. The van der Waals surface area contributed by atoms with E-state index in [0.717, 1.165) is 33.8 Å². The van der Waals surface area contributed by atoms with Gasteiger partial charge in [-0.05, 0) is 23.6 Å². The van der Waals surface area contributed by atoms with Crippen LogP contribution in [-0.4, -0.2) is 39.1 Å². The zero-order valence-electron chi connectivity index (χ0n) is 16.9. The highest BCUT2D eigenvalue weighted by Gasteiger charge is 2.28. The van der Waals surface area contributed by atoms with Gasteiger partial charge in [0.05, 0.1) is 12.2 Å². The van der Waals surface area contributed by atoms with E-state index in [1.54, 1.807) is 0 Å². The molecule has 29 heavy (non-hydrogen) atoms. The van der Waals surface area contributed by atoms with Crippen molar-refractivity contribution in [2.75, 3.05) is 17.7 Å². The molecule has 0 fully saturated rings. The maximum absolute atomic E-state index is 13.3. The van der Waals surface area contributed by atoms with E-state index in [0.29, 0.717) is 25.6 Å². The van der Waals surface area contributed by atoms with E-state index in [2.05, 4.69) is 41.6 Å². The third-order valence-corrected chi connectivity index (χ3v) is 5.66. The van der Waals surface area contributed by atoms with Crippen LogP contribution in [-0.2, 0) is 11.3 Å². The van der Waals surface area contributed by atoms with Gasteiger partial charge in [-0.3, -0.25) is 4.79 Å². The summed E-state index contributed by atoms with van der Waals surface area (Å²) in [6.07, 6.45) is 2.42. The molecular weight excluding hydrogens is 382 g/mol. The van der Waals surface area contributed by atoms with Crippen LogP contribution in [0.1, 0.15) is 25.8 Å². The number of anilines is 1. The molecule has 0 aliphatic carbocycles. The molecule has 0 spiro atoms. The summed E-state index contributed by atoms with van der Waals surface area (Å²) in [5.74, 6) is 0.104. The average Bonchev–Trinajstić information content (AvgIpc) is 3.14. The van der Waals surface area contributed by atoms with Crippen LogP contribution in [0, 0.1) is 0 Å². The van der Waals surface area contributed by atoms with Crippen molar-refractivity contribution in [1.82, 2.24) is 19.7 Å². The van der Waals surface area contributed by atoms with Crippen LogP contribution in [0.4, 0.5) is 5.69 Å². The summed E-state index contributed by atoms with van der Waals surface area (Å²) in [5.41, 5.74) is 5.75. The second kappa shape index (κ2) is 8.39. The number of rotatable bonds is 5. The molecule has 4 rings (SSSR count). The minimum absolute atomic E-state index is 0.104. The molecule has 0 atom stereocenters. The molecule has 1 aliphatic heterocycles. The Morgan fingerprint density at radius 2 is 1.86 bits per heavy atom. The lowest BCUT2D eigenvalue weighted by molar-refractivity contribution is -0.118. The zero-order valence-corrected chi connectivity index (χ0v) is 17.7. The largest absolute Gasteiger partial charge is 0.314 e. The van der Waals surface area contributed by atoms with Crippen molar-refractivity contribution >= 4 is 23.5 Å².